The summed E-state index contributed by atoms with van der Waals surface area (Å²) in [5.41, 5.74) is 17.1. The standard InChI is InChI=1S/C53H38N2/c1-7-19-39(20-8-1)47-36-46(50(42-25-13-4-14-26-42)52(44-29-17-6-18-30-44)51(47)43-27-15-5-16-28-43)35-38-31-33-45(34-32-38)53-54-48(40-21-9-2-10-22-40)37-49(55-53)41-23-11-3-12-24-41/h1-34,36-37H,35H2. The van der Waals surface area contributed by atoms with E-state index in [0.717, 1.165) is 34.5 Å². The molecule has 1 heterocycles. The van der Waals surface area contributed by atoms with Crippen molar-refractivity contribution in [3.05, 3.63) is 230 Å². The lowest BCUT2D eigenvalue weighted by molar-refractivity contribution is 1.17. The van der Waals surface area contributed by atoms with Crippen LogP contribution in [0.5, 0.6) is 0 Å². The lowest BCUT2D eigenvalue weighted by Crippen LogP contribution is -2.01. The van der Waals surface area contributed by atoms with Gasteiger partial charge in [0.1, 0.15) is 0 Å². The Labute approximate surface area is 323 Å². The van der Waals surface area contributed by atoms with Crippen molar-refractivity contribution in [1.82, 2.24) is 9.97 Å². The Morgan fingerprint density at radius 2 is 0.673 bits per heavy atom. The van der Waals surface area contributed by atoms with Gasteiger partial charge in [-0.1, -0.05) is 206 Å². The van der Waals surface area contributed by atoms with Gasteiger partial charge in [0.05, 0.1) is 11.4 Å². The number of hydrogen-bond donors (Lipinski definition) is 0. The first-order valence-electron chi connectivity index (χ1n) is 18.8. The van der Waals surface area contributed by atoms with Gasteiger partial charge in [-0.25, -0.2) is 9.97 Å². The van der Waals surface area contributed by atoms with E-state index in [1.807, 2.05) is 12.1 Å². The van der Waals surface area contributed by atoms with Gasteiger partial charge in [-0.15, -0.1) is 0 Å². The van der Waals surface area contributed by atoms with Crippen LogP contribution in [0.1, 0.15) is 11.1 Å². The van der Waals surface area contributed by atoms with E-state index in [1.165, 1.54) is 55.6 Å². The monoisotopic (exact) mass is 702 g/mol. The minimum atomic E-state index is 0.710. The molecule has 1 aromatic heterocycles. The highest BCUT2D eigenvalue weighted by Gasteiger charge is 2.23. The second kappa shape index (κ2) is 15.4. The van der Waals surface area contributed by atoms with Crippen LogP contribution >= 0.6 is 0 Å². The molecule has 2 heteroatoms. The molecular weight excluding hydrogens is 665 g/mol. The first-order chi connectivity index (χ1) is 27.3. The van der Waals surface area contributed by atoms with E-state index in [-0.39, 0.29) is 0 Å². The van der Waals surface area contributed by atoms with Crippen LogP contribution in [0.25, 0.3) is 78.4 Å². The Kier molecular flexibility index (Phi) is 9.45. The summed E-state index contributed by atoms with van der Waals surface area (Å²) in [6.45, 7) is 0. The predicted molar refractivity (Wildman–Crippen MR) is 229 cm³/mol. The van der Waals surface area contributed by atoms with Gasteiger partial charge < -0.3 is 0 Å². The van der Waals surface area contributed by atoms with E-state index in [4.69, 9.17) is 9.97 Å². The zero-order valence-corrected chi connectivity index (χ0v) is 30.4. The predicted octanol–water partition coefficient (Wildman–Crippen LogP) is 13.7. The summed E-state index contributed by atoms with van der Waals surface area (Å²) >= 11 is 0. The Bertz CT molecular complexity index is 2600. The molecule has 260 valence electrons. The molecule has 8 aromatic carbocycles. The largest absolute Gasteiger partial charge is 0.228 e. The van der Waals surface area contributed by atoms with Crippen molar-refractivity contribution < 1.29 is 0 Å². The van der Waals surface area contributed by atoms with Crippen molar-refractivity contribution in [2.45, 2.75) is 6.42 Å². The molecule has 2 nitrogen and oxygen atoms in total. The highest BCUT2D eigenvalue weighted by molar-refractivity contribution is 6.03. The van der Waals surface area contributed by atoms with Crippen molar-refractivity contribution in [3.8, 4) is 78.4 Å². The average molecular weight is 703 g/mol. The summed E-state index contributed by atoms with van der Waals surface area (Å²) < 4.78 is 0. The van der Waals surface area contributed by atoms with E-state index in [1.54, 1.807) is 0 Å². The molecule has 55 heavy (non-hydrogen) atoms. The molecule has 0 amide bonds. The summed E-state index contributed by atoms with van der Waals surface area (Å²) in [6, 6.07) is 77.4. The number of aromatic nitrogens is 2. The molecule has 0 aliphatic carbocycles. The summed E-state index contributed by atoms with van der Waals surface area (Å²) in [7, 11) is 0. The maximum atomic E-state index is 5.08. The molecule has 0 saturated carbocycles. The van der Waals surface area contributed by atoms with Gasteiger partial charge in [0.25, 0.3) is 0 Å². The topological polar surface area (TPSA) is 25.8 Å². The van der Waals surface area contributed by atoms with Gasteiger partial charge in [0.2, 0.25) is 0 Å². The quantitative estimate of drug-likeness (QED) is 0.150. The van der Waals surface area contributed by atoms with Crippen molar-refractivity contribution in [2.24, 2.45) is 0 Å². The van der Waals surface area contributed by atoms with Crippen molar-refractivity contribution in [3.63, 3.8) is 0 Å². The molecule has 0 N–H and O–H groups in total. The van der Waals surface area contributed by atoms with Crippen LogP contribution in [0, 0.1) is 0 Å². The molecule has 9 aromatic rings. The van der Waals surface area contributed by atoms with E-state index < -0.39 is 0 Å². The third-order valence-corrected chi connectivity index (χ3v) is 10.2. The van der Waals surface area contributed by atoms with E-state index in [0.29, 0.717) is 5.82 Å². The molecule has 0 fully saturated rings. The van der Waals surface area contributed by atoms with Crippen LogP contribution in [0.3, 0.4) is 0 Å². The van der Waals surface area contributed by atoms with Crippen LogP contribution in [-0.4, -0.2) is 9.97 Å². The molecule has 0 atom stereocenters. The maximum absolute atomic E-state index is 5.08. The molecule has 0 unspecified atom stereocenters. The van der Waals surface area contributed by atoms with Gasteiger partial charge in [-0.2, -0.15) is 0 Å². The van der Waals surface area contributed by atoms with Crippen LogP contribution in [0.15, 0.2) is 218 Å². The van der Waals surface area contributed by atoms with E-state index in [9.17, 15) is 0 Å². The fraction of sp³-hybridized carbons (Fsp3) is 0.0189. The number of hydrogen-bond acceptors (Lipinski definition) is 2. The Morgan fingerprint density at radius 1 is 0.291 bits per heavy atom. The van der Waals surface area contributed by atoms with Gasteiger partial charge in [0, 0.05) is 16.7 Å². The highest BCUT2D eigenvalue weighted by atomic mass is 14.9. The SMILES string of the molecule is c1ccc(-c2cc(-c3ccccc3)nc(-c3ccc(Cc4cc(-c5ccccc5)c(-c5ccccc5)c(-c5ccccc5)c4-c4ccccc4)cc3)n2)cc1. The molecule has 0 aliphatic heterocycles. The van der Waals surface area contributed by atoms with Gasteiger partial charge >= 0.3 is 0 Å². The lowest BCUT2D eigenvalue weighted by atomic mass is 9.79. The minimum absolute atomic E-state index is 0.710. The molecule has 9 rings (SSSR count). The van der Waals surface area contributed by atoms with Gasteiger partial charge in [-0.05, 0) is 74.2 Å². The lowest BCUT2D eigenvalue weighted by Gasteiger charge is -2.24. The van der Waals surface area contributed by atoms with E-state index >= 15 is 0 Å². The minimum Gasteiger partial charge on any atom is -0.228 e. The Morgan fingerprint density at radius 3 is 1.13 bits per heavy atom. The summed E-state index contributed by atoms with van der Waals surface area (Å²) in [5.74, 6) is 0.710. The van der Waals surface area contributed by atoms with Crippen molar-refractivity contribution in [1.29, 1.82) is 0 Å². The smallest absolute Gasteiger partial charge is 0.160 e. The first-order valence-corrected chi connectivity index (χ1v) is 18.8. The number of rotatable bonds is 9. The second-order valence-electron chi connectivity index (χ2n) is 13.7. The fourth-order valence-corrected chi connectivity index (χ4v) is 7.54. The van der Waals surface area contributed by atoms with Gasteiger partial charge in [-0.3, -0.25) is 0 Å². The molecule has 0 radical (unpaired) electrons. The van der Waals surface area contributed by atoms with Crippen LogP contribution in [-0.2, 0) is 6.42 Å². The van der Waals surface area contributed by atoms with Crippen LogP contribution in [0.2, 0.25) is 0 Å². The van der Waals surface area contributed by atoms with Crippen molar-refractivity contribution in [2.75, 3.05) is 0 Å². The zero-order valence-electron chi connectivity index (χ0n) is 30.4. The Hall–Kier alpha value is -7.16. The van der Waals surface area contributed by atoms with Crippen molar-refractivity contribution >= 4 is 0 Å². The molecule has 0 bridgehead atoms. The first kappa shape index (κ1) is 33.7. The zero-order chi connectivity index (χ0) is 36.8. The molecule has 0 spiro atoms. The van der Waals surface area contributed by atoms with Gasteiger partial charge in [0.15, 0.2) is 5.82 Å². The average Bonchev–Trinajstić information content (AvgIpc) is 3.28. The molecular formula is C53H38N2. The summed E-state index contributed by atoms with van der Waals surface area (Å²) in [4.78, 5) is 10.2. The number of benzene rings is 8. The molecule has 0 saturated heterocycles. The third kappa shape index (κ3) is 7.14. The Balaban J connectivity index is 1.21. The maximum Gasteiger partial charge on any atom is 0.160 e. The summed E-state index contributed by atoms with van der Waals surface area (Å²) in [6.07, 6.45) is 0.749. The van der Waals surface area contributed by atoms with Crippen LogP contribution < -0.4 is 0 Å². The second-order valence-corrected chi connectivity index (χ2v) is 13.7. The van der Waals surface area contributed by atoms with E-state index in [2.05, 4.69) is 206 Å². The highest BCUT2D eigenvalue weighted by Crippen LogP contribution is 2.48. The third-order valence-electron chi connectivity index (χ3n) is 10.2. The van der Waals surface area contributed by atoms with Crippen LogP contribution in [0.4, 0.5) is 0 Å². The molecule has 0 aliphatic rings. The normalized spacial score (nSPS) is 11.0. The number of nitrogens with zero attached hydrogens (tertiary/aromatic N) is 2. The fourth-order valence-electron chi connectivity index (χ4n) is 7.54. The summed E-state index contributed by atoms with van der Waals surface area (Å²) in [5, 5.41) is 0.